The van der Waals surface area contributed by atoms with Crippen molar-refractivity contribution in [2.24, 2.45) is 17.8 Å². The van der Waals surface area contributed by atoms with E-state index < -0.39 is 0 Å². The van der Waals surface area contributed by atoms with Crippen LogP contribution in [0.1, 0.15) is 45.4 Å². The first-order valence-electron chi connectivity index (χ1n) is 11.2. The lowest BCUT2D eigenvalue weighted by Crippen LogP contribution is -3.19. The van der Waals surface area contributed by atoms with Gasteiger partial charge in [-0.05, 0) is 87.5 Å². The zero-order valence-corrected chi connectivity index (χ0v) is 17.0. The van der Waals surface area contributed by atoms with Crippen LogP contribution in [0.3, 0.4) is 0 Å². The Balaban J connectivity index is 1.17. The summed E-state index contributed by atoms with van der Waals surface area (Å²) >= 11 is 0. The summed E-state index contributed by atoms with van der Waals surface area (Å²) in [6, 6.07) is 7.47. The minimum absolute atomic E-state index is 0.0231. The highest BCUT2D eigenvalue weighted by Crippen LogP contribution is 2.55. The molecule has 28 heavy (non-hydrogen) atoms. The maximum atomic E-state index is 13.1. The van der Waals surface area contributed by atoms with Crippen LogP contribution in [0.4, 0.5) is 5.69 Å². The Kier molecular flexibility index (Phi) is 4.53. The second-order valence-electron chi connectivity index (χ2n) is 10.1. The molecule has 1 aliphatic heterocycles. The predicted molar refractivity (Wildman–Crippen MR) is 110 cm³/mol. The number of piperazine rings is 1. The van der Waals surface area contributed by atoms with Crippen LogP contribution in [-0.4, -0.2) is 48.8 Å². The van der Waals surface area contributed by atoms with E-state index in [1.807, 2.05) is 12.1 Å². The summed E-state index contributed by atoms with van der Waals surface area (Å²) in [5, 5.41) is 13.0. The fraction of sp³-hybridized carbons (Fsp3) is 0.696. The molecule has 1 aromatic rings. The van der Waals surface area contributed by atoms with Gasteiger partial charge in [-0.3, -0.25) is 4.79 Å². The molecule has 0 unspecified atom stereocenters. The molecular weight excluding hydrogens is 350 g/mol. The van der Waals surface area contributed by atoms with Gasteiger partial charge in [0, 0.05) is 11.2 Å². The Hall–Kier alpha value is -1.75. The normalized spacial score (nSPS) is 35.8. The first kappa shape index (κ1) is 18.3. The maximum Gasteiger partial charge on any atom is 0.278 e. The lowest BCUT2D eigenvalue weighted by molar-refractivity contribution is -0.914. The van der Waals surface area contributed by atoms with Gasteiger partial charge in [0.25, 0.3) is 5.91 Å². The molecule has 5 fully saturated rings. The summed E-state index contributed by atoms with van der Waals surface area (Å²) in [6.07, 6.45) is 7.91. The zero-order chi connectivity index (χ0) is 19.3. The molecule has 5 heteroatoms. The van der Waals surface area contributed by atoms with Gasteiger partial charge >= 0.3 is 0 Å². The number of phenols is 1. The molecule has 3 N–H and O–H groups in total. The number of carbonyl (C=O) groups excluding carboxylic acids is 1. The van der Waals surface area contributed by atoms with Crippen molar-refractivity contribution in [2.45, 2.75) is 57.0 Å². The van der Waals surface area contributed by atoms with Crippen molar-refractivity contribution in [1.82, 2.24) is 5.32 Å². The Morgan fingerprint density at radius 1 is 1.07 bits per heavy atom. The summed E-state index contributed by atoms with van der Waals surface area (Å²) in [4.78, 5) is 16.9. The predicted octanol–water partition coefficient (Wildman–Crippen LogP) is 1.57. The summed E-state index contributed by atoms with van der Waals surface area (Å²) in [5.41, 5.74) is 1.27. The number of quaternary nitrogens is 1. The quantitative estimate of drug-likeness (QED) is 0.739. The molecule has 6 rings (SSSR count). The van der Waals surface area contributed by atoms with Crippen molar-refractivity contribution >= 4 is 11.6 Å². The third-order valence-corrected chi connectivity index (χ3v) is 8.05. The third-order valence-electron chi connectivity index (χ3n) is 8.05. The fourth-order valence-corrected chi connectivity index (χ4v) is 6.97. The van der Waals surface area contributed by atoms with E-state index in [2.05, 4.69) is 17.1 Å². The van der Waals surface area contributed by atoms with Gasteiger partial charge < -0.3 is 20.2 Å². The number of nitrogens with one attached hydrogen (secondary N) is 2. The van der Waals surface area contributed by atoms with E-state index in [4.69, 9.17) is 0 Å². The smallest absolute Gasteiger partial charge is 0.278 e. The molecule has 4 bridgehead atoms. The molecule has 1 amide bonds. The maximum absolute atomic E-state index is 13.1. The SMILES string of the molecule is C[C@@H](C(=O)NC12CC3CC(CC(C3)C1)C2)[NH+]1CCN(c2ccc(O)cc2)CC1. The Morgan fingerprint density at radius 3 is 2.14 bits per heavy atom. The molecule has 1 aromatic carbocycles. The van der Waals surface area contributed by atoms with Gasteiger partial charge in [0.1, 0.15) is 5.75 Å². The Morgan fingerprint density at radius 2 is 1.61 bits per heavy atom. The van der Waals surface area contributed by atoms with Gasteiger partial charge in [0.05, 0.1) is 26.2 Å². The van der Waals surface area contributed by atoms with Crippen LogP contribution in [0.15, 0.2) is 24.3 Å². The van der Waals surface area contributed by atoms with E-state index in [0.717, 1.165) is 49.6 Å². The van der Waals surface area contributed by atoms with E-state index in [1.54, 1.807) is 12.1 Å². The number of hydrogen-bond acceptors (Lipinski definition) is 3. The highest BCUT2D eigenvalue weighted by atomic mass is 16.3. The van der Waals surface area contributed by atoms with Gasteiger partial charge in [0.15, 0.2) is 6.04 Å². The first-order valence-corrected chi connectivity index (χ1v) is 11.2. The van der Waals surface area contributed by atoms with Crippen molar-refractivity contribution in [3.63, 3.8) is 0 Å². The van der Waals surface area contributed by atoms with E-state index in [0.29, 0.717) is 5.75 Å². The number of amides is 1. The first-order chi connectivity index (χ1) is 13.5. The second-order valence-corrected chi connectivity index (χ2v) is 10.1. The molecule has 1 atom stereocenters. The molecule has 0 spiro atoms. The van der Waals surface area contributed by atoms with Crippen LogP contribution in [0.2, 0.25) is 0 Å². The minimum atomic E-state index is 0.0231. The summed E-state index contributed by atoms with van der Waals surface area (Å²) in [7, 11) is 0. The van der Waals surface area contributed by atoms with Crippen LogP contribution in [0, 0.1) is 17.8 Å². The third kappa shape index (κ3) is 3.38. The number of nitrogens with zero attached hydrogens (tertiary/aromatic N) is 1. The van der Waals surface area contributed by atoms with Crippen molar-refractivity contribution in [3.05, 3.63) is 24.3 Å². The molecule has 1 saturated heterocycles. The Bertz CT molecular complexity index is 689. The molecule has 0 aromatic heterocycles. The molecular formula is C23H34N3O2+. The molecule has 4 aliphatic carbocycles. The van der Waals surface area contributed by atoms with Gasteiger partial charge in [-0.25, -0.2) is 0 Å². The monoisotopic (exact) mass is 384 g/mol. The average molecular weight is 385 g/mol. The number of carbonyl (C=O) groups is 1. The number of phenolic OH excluding ortho intramolecular Hbond substituents is 1. The summed E-state index contributed by atoms with van der Waals surface area (Å²) < 4.78 is 0. The Labute approximate surface area is 168 Å². The van der Waals surface area contributed by atoms with E-state index >= 15 is 0 Å². The molecule has 5 nitrogen and oxygen atoms in total. The van der Waals surface area contributed by atoms with Crippen LogP contribution in [0.25, 0.3) is 0 Å². The van der Waals surface area contributed by atoms with Gasteiger partial charge in [-0.1, -0.05) is 0 Å². The summed E-state index contributed by atoms with van der Waals surface area (Å²) in [5.74, 6) is 3.17. The van der Waals surface area contributed by atoms with Crippen LogP contribution in [-0.2, 0) is 4.79 Å². The molecule has 4 saturated carbocycles. The van der Waals surface area contributed by atoms with Gasteiger partial charge in [-0.2, -0.15) is 0 Å². The average Bonchev–Trinajstić information content (AvgIpc) is 2.67. The molecule has 5 aliphatic rings. The lowest BCUT2D eigenvalue weighted by Gasteiger charge is -2.57. The highest BCUT2D eigenvalue weighted by Gasteiger charge is 2.52. The molecule has 1 heterocycles. The highest BCUT2D eigenvalue weighted by molar-refractivity contribution is 5.80. The van der Waals surface area contributed by atoms with Gasteiger partial charge in [0.2, 0.25) is 0 Å². The second kappa shape index (κ2) is 6.94. The largest absolute Gasteiger partial charge is 0.508 e. The standard InChI is InChI=1S/C23H33N3O2/c1-16(25-6-8-26(9-7-25)20-2-4-21(27)5-3-20)22(28)24-23-13-17-10-18(14-23)12-19(11-17)15-23/h2-5,16-19,27H,6-15H2,1H3,(H,24,28)/p+1/t16-,17?,18?,19?,23?/m0/s1. The number of hydrogen-bond donors (Lipinski definition) is 3. The number of rotatable bonds is 4. The number of anilines is 1. The van der Waals surface area contributed by atoms with E-state index in [1.165, 1.54) is 43.4 Å². The van der Waals surface area contributed by atoms with Crippen LogP contribution in [0.5, 0.6) is 5.75 Å². The van der Waals surface area contributed by atoms with Crippen molar-refractivity contribution in [1.29, 1.82) is 0 Å². The summed E-state index contributed by atoms with van der Waals surface area (Å²) in [6.45, 7) is 5.98. The topological polar surface area (TPSA) is 57.0 Å². The van der Waals surface area contributed by atoms with Crippen molar-refractivity contribution < 1.29 is 14.8 Å². The lowest BCUT2D eigenvalue weighted by atomic mass is 9.53. The zero-order valence-electron chi connectivity index (χ0n) is 17.0. The van der Waals surface area contributed by atoms with Crippen LogP contribution < -0.4 is 15.1 Å². The molecule has 0 radical (unpaired) electrons. The van der Waals surface area contributed by atoms with Crippen molar-refractivity contribution in [3.8, 4) is 5.75 Å². The molecule has 152 valence electrons. The van der Waals surface area contributed by atoms with Gasteiger partial charge in [-0.15, -0.1) is 0 Å². The number of benzene rings is 1. The fourth-order valence-electron chi connectivity index (χ4n) is 6.97. The van der Waals surface area contributed by atoms with Crippen LogP contribution >= 0.6 is 0 Å². The van der Waals surface area contributed by atoms with E-state index in [9.17, 15) is 9.90 Å². The number of aromatic hydroxyl groups is 1. The minimum Gasteiger partial charge on any atom is -0.508 e. The van der Waals surface area contributed by atoms with E-state index in [-0.39, 0.29) is 17.5 Å². The van der Waals surface area contributed by atoms with Crippen molar-refractivity contribution in [2.75, 3.05) is 31.1 Å².